The maximum absolute atomic E-state index is 14.5. The second-order valence-electron chi connectivity index (χ2n) is 5.86. The molecule has 0 radical (unpaired) electrons. The van der Waals surface area contributed by atoms with Gasteiger partial charge in [-0.2, -0.15) is 0 Å². The molecular formula is C19H24FNO3. The van der Waals surface area contributed by atoms with Crippen molar-refractivity contribution < 1.29 is 18.7 Å². The summed E-state index contributed by atoms with van der Waals surface area (Å²) in [5, 5.41) is 3.24. The lowest BCUT2D eigenvalue weighted by molar-refractivity contribution is -0.149. The highest BCUT2D eigenvalue weighted by Gasteiger charge is 2.34. The number of esters is 1. The van der Waals surface area contributed by atoms with E-state index in [4.69, 9.17) is 9.47 Å². The number of carbonyl (C=O) groups excluding carboxylic acids is 1. The zero-order chi connectivity index (χ0) is 17.7. The second kappa shape index (κ2) is 8.11. The molecule has 0 aliphatic carbocycles. The highest BCUT2D eigenvalue weighted by molar-refractivity contribution is 5.92. The van der Waals surface area contributed by atoms with E-state index in [1.807, 2.05) is 13.8 Å². The summed E-state index contributed by atoms with van der Waals surface area (Å²) in [5.74, 6) is -1.26. The highest BCUT2D eigenvalue weighted by Crippen LogP contribution is 2.41. The molecule has 1 aliphatic heterocycles. The molecule has 1 aliphatic rings. The Bertz CT molecular complexity index is 679. The Morgan fingerprint density at radius 3 is 2.58 bits per heavy atom. The van der Waals surface area contributed by atoms with Crippen LogP contribution in [0.15, 0.2) is 46.8 Å². The molecule has 0 spiro atoms. The first-order valence-corrected chi connectivity index (χ1v) is 8.09. The molecule has 0 saturated carbocycles. The number of hydrogen-bond donors (Lipinski definition) is 1. The van der Waals surface area contributed by atoms with Crippen LogP contribution in [-0.2, 0) is 14.3 Å². The van der Waals surface area contributed by atoms with Crippen LogP contribution in [0.1, 0.15) is 45.1 Å². The van der Waals surface area contributed by atoms with Gasteiger partial charge in [-0.1, -0.05) is 31.5 Å². The zero-order valence-corrected chi connectivity index (χ0v) is 14.6. The summed E-state index contributed by atoms with van der Waals surface area (Å²) in [7, 11) is 1.45. The number of nitrogens with one attached hydrogen (secondary N) is 1. The van der Waals surface area contributed by atoms with E-state index in [0.717, 1.165) is 24.1 Å². The summed E-state index contributed by atoms with van der Waals surface area (Å²) in [6.07, 6.45) is 1.67. The van der Waals surface area contributed by atoms with E-state index in [9.17, 15) is 9.18 Å². The third kappa shape index (κ3) is 3.67. The van der Waals surface area contributed by atoms with Crippen molar-refractivity contribution in [1.82, 2.24) is 5.32 Å². The number of dihydropyridines is 1. The summed E-state index contributed by atoms with van der Waals surface area (Å²) in [5.41, 5.74) is 3.59. The van der Waals surface area contributed by atoms with E-state index in [1.54, 1.807) is 18.2 Å². The number of benzene rings is 1. The van der Waals surface area contributed by atoms with E-state index in [-0.39, 0.29) is 12.6 Å². The predicted octanol–water partition coefficient (Wildman–Crippen LogP) is 4.01. The number of rotatable bonds is 6. The van der Waals surface area contributed by atoms with Crippen LogP contribution in [0, 0.1) is 5.82 Å². The summed E-state index contributed by atoms with van der Waals surface area (Å²) in [6, 6.07) is 6.58. The summed E-state index contributed by atoms with van der Waals surface area (Å²) in [4.78, 5) is 12.6. The van der Waals surface area contributed by atoms with Gasteiger partial charge < -0.3 is 14.8 Å². The van der Waals surface area contributed by atoms with E-state index in [2.05, 4.69) is 12.2 Å². The van der Waals surface area contributed by atoms with E-state index >= 15 is 0 Å². The maximum atomic E-state index is 14.5. The van der Waals surface area contributed by atoms with Gasteiger partial charge in [-0.05, 0) is 37.5 Å². The molecule has 1 heterocycles. The van der Waals surface area contributed by atoms with Crippen molar-refractivity contribution in [3.8, 4) is 0 Å². The van der Waals surface area contributed by atoms with Crippen LogP contribution < -0.4 is 5.32 Å². The Labute approximate surface area is 142 Å². The molecule has 0 bridgehead atoms. The number of ether oxygens (including phenoxy) is 2. The maximum Gasteiger partial charge on any atom is 0.338 e. The number of hydrogen-bond acceptors (Lipinski definition) is 4. The molecule has 4 nitrogen and oxygen atoms in total. The van der Waals surface area contributed by atoms with Gasteiger partial charge in [0, 0.05) is 24.4 Å². The van der Waals surface area contributed by atoms with Crippen LogP contribution in [0.3, 0.4) is 0 Å². The van der Waals surface area contributed by atoms with Crippen LogP contribution in [0.5, 0.6) is 0 Å². The van der Waals surface area contributed by atoms with Crippen LogP contribution >= 0.6 is 0 Å². The third-order valence-corrected chi connectivity index (χ3v) is 4.16. The van der Waals surface area contributed by atoms with Gasteiger partial charge in [0.15, 0.2) is 6.79 Å². The SMILES string of the molecule is CCCC1=C(C)NC(C)=C(C(=O)OCOC)C1c1ccccc1F. The minimum atomic E-state index is -0.490. The Kier molecular flexibility index (Phi) is 6.15. The molecule has 1 aromatic rings. The topological polar surface area (TPSA) is 47.6 Å². The largest absolute Gasteiger partial charge is 0.435 e. The molecule has 130 valence electrons. The van der Waals surface area contributed by atoms with Crippen LogP contribution in [0.4, 0.5) is 4.39 Å². The van der Waals surface area contributed by atoms with Crippen LogP contribution in [0.2, 0.25) is 0 Å². The Morgan fingerprint density at radius 1 is 1.25 bits per heavy atom. The molecule has 1 N–H and O–H groups in total. The number of halogens is 1. The average molecular weight is 333 g/mol. The minimum Gasteiger partial charge on any atom is -0.435 e. The molecule has 0 saturated heterocycles. The van der Waals surface area contributed by atoms with Crippen molar-refractivity contribution in [1.29, 1.82) is 0 Å². The van der Waals surface area contributed by atoms with E-state index in [1.165, 1.54) is 13.2 Å². The lowest BCUT2D eigenvalue weighted by Gasteiger charge is -2.31. The van der Waals surface area contributed by atoms with Gasteiger partial charge in [0.25, 0.3) is 0 Å². The molecule has 1 aromatic carbocycles. The first-order chi connectivity index (χ1) is 11.5. The molecule has 5 heteroatoms. The van der Waals surface area contributed by atoms with E-state index in [0.29, 0.717) is 16.8 Å². The van der Waals surface area contributed by atoms with Crippen molar-refractivity contribution in [3.05, 3.63) is 58.2 Å². The number of allylic oxidation sites excluding steroid dienone is 3. The van der Waals surface area contributed by atoms with Crippen molar-refractivity contribution in [2.45, 2.75) is 39.5 Å². The molecular weight excluding hydrogens is 309 g/mol. The normalized spacial score (nSPS) is 17.8. The zero-order valence-electron chi connectivity index (χ0n) is 14.6. The van der Waals surface area contributed by atoms with Gasteiger partial charge in [0.2, 0.25) is 0 Å². The minimum absolute atomic E-state index is 0.134. The van der Waals surface area contributed by atoms with Crippen molar-refractivity contribution in [2.24, 2.45) is 0 Å². The predicted molar refractivity (Wildman–Crippen MR) is 90.6 cm³/mol. The Morgan fingerprint density at radius 2 is 1.96 bits per heavy atom. The first kappa shape index (κ1) is 18.2. The fourth-order valence-electron chi connectivity index (χ4n) is 3.15. The first-order valence-electron chi connectivity index (χ1n) is 8.09. The Balaban J connectivity index is 2.55. The van der Waals surface area contributed by atoms with Crippen LogP contribution in [-0.4, -0.2) is 19.9 Å². The standard InChI is InChI=1S/C19H24FNO3/c1-5-8-14-12(2)21-13(3)17(19(22)24-11-23-4)18(14)15-9-6-7-10-16(15)20/h6-7,9-10,18,21H,5,8,11H2,1-4H3. The summed E-state index contributed by atoms with van der Waals surface area (Å²) in [6.45, 7) is 5.70. The lowest BCUT2D eigenvalue weighted by Crippen LogP contribution is -2.29. The van der Waals surface area contributed by atoms with Gasteiger partial charge in [0.1, 0.15) is 5.82 Å². The quantitative estimate of drug-likeness (QED) is 0.631. The molecule has 0 aromatic heterocycles. The fraction of sp³-hybridized carbons (Fsp3) is 0.421. The van der Waals surface area contributed by atoms with Gasteiger partial charge in [-0.15, -0.1) is 0 Å². The number of carbonyl (C=O) groups is 1. The Hall–Kier alpha value is -2.14. The fourth-order valence-corrected chi connectivity index (χ4v) is 3.15. The number of methoxy groups -OCH3 is 1. The molecule has 2 rings (SSSR count). The molecule has 0 amide bonds. The van der Waals surface area contributed by atoms with Crippen LogP contribution in [0.25, 0.3) is 0 Å². The van der Waals surface area contributed by atoms with Gasteiger partial charge in [-0.25, -0.2) is 9.18 Å². The highest BCUT2D eigenvalue weighted by atomic mass is 19.1. The van der Waals surface area contributed by atoms with Crippen molar-refractivity contribution in [2.75, 3.05) is 13.9 Å². The molecule has 1 unspecified atom stereocenters. The summed E-state index contributed by atoms with van der Waals surface area (Å²) >= 11 is 0. The lowest BCUT2D eigenvalue weighted by atomic mass is 9.78. The van der Waals surface area contributed by atoms with E-state index < -0.39 is 11.9 Å². The monoisotopic (exact) mass is 333 g/mol. The molecule has 1 atom stereocenters. The smallest absolute Gasteiger partial charge is 0.338 e. The van der Waals surface area contributed by atoms with Crippen molar-refractivity contribution in [3.63, 3.8) is 0 Å². The van der Waals surface area contributed by atoms with Gasteiger partial charge in [-0.3, -0.25) is 0 Å². The molecule has 24 heavy (non-hydrogen) atoms. The van der Waals surface area contributed by atoms with Gasteiger partial charge in [0.05, 0.1) is 5.57 Å². The van der Waals surface area contributed by atoms with Crippen molar-refractivity contribution >= 4 is 5.97 Å². The third-order valence-electron chi connectivity index (χ3n) is 4.16. The van der Waals surface area contributed by atoms with Gasteiger partial charge >= 0.3 is 5.97 Å². The summed E-state index contributed by atoms with van der Waals surface area (Å²) < 4.78 is 24.5. The second-order valence-corrected chi connectivity index (χ2v) is 5.86. The average Bonchev–Trinajstić information content (AvgIpc) is 2.55. The molecule has 0 fully saturated rings.